The van der Waals surface area contributed by atoms with E-state index in [1.54, 1.807) is 0 Å². The SMILES string of the molecule is CC(C)c1ccc(Cn2cc(-c3cc(-c4ccc(Br)cc4)nc(N)n3)c3ccccc32)cc1. The number of halogens is 1. The summed E-state index contributed by atoms with van der Waals surface area (Å²) in [4.78, 5) is 9.07. The lowest BCUT2D eigenvalue weighted by Gasteiger charge is -2.09. The molecule has 3 aromatic carbocycles. The number of benzene rings is 3. The van der Waals surface area contributed by atoms with E-state index in [0.717, 1.165) is 38.9 Å². The molecule has 0 saturated carbocycles. The summed E-state index contributed by atoms with van der Waals surface area (Å²) >= 11 is 3.49. The molecule has 0 bridgehead atoms. The van der Waals surface area contributed by atoms with Gasteiger partial charge < -0.3 is 10.3 Å². The molecule has 0 fully saturated rings. The molecule has 164 valence electrons. The van der Waals surface area contributed by atoms with Crippen LogP contribution in [0.2, 0.25) is 0 Å². The number of fused-ring (bicyclic) bond motifs is 1. The third-order valence-corrected chi connectivity index (χ3v) is 6.48. The normalized spacial score (nSPS) is 11.4. The number of nitrogens with two attached hydrogens (primary N) is 1. The van der Waals surface area contributed by atoms with E-state index >= 15 is 0 Å². The van der Waals surface area contributed by atoms with Crippen molar-refractivity contribution in [2.45, 2.75) is 26.3 Å². The first kappa shape index (κ1) is 21.4. The summed E-state index contributed by atoms with van der Waals surface area (Å²) in [5, 5.41) is 1.15. The lowest BCUT2D eigenvalue weighted by atomic mass is 10.0. The van der Waals surface area contributed by atoms with Gasteiger partial charge in [-0.3, -0.25) is 0 Å². The van der Waals surface area contributed by atoms with Crippen LogP contribution in [-0.2, 0) is 6.54 Å². The molecular weight excluding hydrogens is 472 g/mol. The predicted octanol–water partition coefficient (Wildman–Crippen LogP) is 7.28. The molecule has 2 heterocycles. The largest absolute Gasteiger partial charge is 0.368 e. The van der Waals surface area contributed by atoms with Gasteiger partial charge in [0.1, 0.15) is 0 Å². The van der Waals surface area contributed by atoms with E-state index in [9.17, 15) is 0 Å². The van der Waals surface area contributed by atoms with Crippen LogP contribution in [0.1, 0.15) is 30.9 Å². The number of para-hydroxylation sites is 1. The fourth-order valence-electron chi connectivity index (χ4n) is 4.16. The van der Waals surface area contributed by atoms with Gasteiger partial charge in [-0.15, -0.1) is 0 Å². The van der Waals surface area contributed by atoms with Crippen LogP contribution in [-0.4, -0.2) is 14.5 Å². The van der Waals surface area contributed by atoms with Gasteiger partial charge in [-0.05, 0) is 41.3 Å². The number of hydrogen-bond donors (Lipinski definition) is 1. The first-order chi connectivity index (χ1) is 16.0. The van der Waals surface area contributed by atoms with Gasteiger partial charge in [0.15, 0.2) is 0 Å². The molecule has 2 aromatic heterocycles. The van der Waals surface area contributed by atoms with Crippen LogP contribution in [0.15, 0.2) is 89.5 Å². The van der Waals surface area contributed by atoms with Crippen molar-refractivity contribution >= 4 is 32.8 Å². The number of hydrogen-bond acceptors (Lipinski definition) is 3. The van der Waals surface area contributed by atoms with Gasteiger partial charge in [0.2, 0.25) is 5.95 Å². The highest BCUT2D eigenvalue weighted by Gasteiger charge is 2.14. The molecule has 5 rings (SSSR count). The highest BCUT2D eigenvalue weighted by atomic mass is 79.9. The summed E-state index contributed by atoms with van der Waals surface area (Å²) in [6.45, 7) is 5.23. The summed E-state index contributed by atoms with van der Waals surface area (Å²) in [6.07, 6.45) is 2.17. The van der Waals surface area contributed by atoms with E-state index in [2.05, 4.69) is 99.0 Å². The zero-order valence-electron chi connectivity index (χ0n) is 18.7. The Morgan fingerprint density at radius 1 is 0.879 bits per heavy atom. The number of nitrogens with zero attached hydrogens (tertiary/aromatic N) is 3. The van der Waals surface area contributed by atoms with Crippen molar-refractivity contribution in [3.05, 3.63) is 101 Å². The van der Waals surface area contributed by atoms with Crippen molar-refractivity contribution in [3.63, 3.8) is 0 Å². The fourth-order valence-corrected chi connectivity index (χ4v) is 4.42. The summed E-state index contributed by atoms with van der Waals surface area (Å²) in [6, 6.07) is 27.4. The maximum absolute atomic E-state index is 6.14. The zero-order valence-corrected chi connectivity index (χ0v) is 20.3. The van der Waals surface area contributed by atoms with Gasteiger partial charge in [0.05, 0.1) is 11.4 Å². The second-order valence-corrected chi connectivity index (χ2v) is 9.50. The van der Waals surface area contributed by atoms with E-state index in [-0.39, 0.29) is 5.95 Å². The van der Waals surface area contributed by atoms with Crippen LogP contribution in [0.3, 0.4) is 0 Å². The molecule has 2 N–H and O–H groups in total. The Morgan fingerprint density at radius 2 is 1.58 bits per heavy atom. The van der Waals surface area contributed by atoms with Crippen LogP contribution in [0.4, 0.5) is 5.95 Å². The minimum absolute atomic E-state index is 0.270. The Kier molecular flexibility index (Phi) is 5.73. The zero-order chi connectivity index (χ0) is 22.9. The molecule has 4 nitrogen and oxygen atoms in total. The molecule has 0 atom stereocenters. The van der Waals surface area contributed by atoms with Gasteiger partial charge >= 0.3 is 0 Å². The highest BCUT2D eigenvalue weighted by molar-refractivity contribution is 9.10. The van der Waals surface area contributed by atoms with E-state index in [4.69, 9.17) is 5.73 Å². The average molecular weight is 497 g/mol. The lowest BCUT2D eigenvalue weighted by molar-refractivity contribution is 0.829. The van der Waals surface area contributed by atoms with Crippen molar-refractivity contribution in [2.75, 3.05) is 5.73 Å². The lowest BCUT2D eigenvalue weighted by Crippen LogP contribution is -1.99. The molecule has 5 aromatic rings. The quantitative estimate of drug-likeness (QED) is 0.278. The van der Waals surface area contributed by atoms with Gasteiger partial charge in [-0.2, -0.15) is 0 Å². The first-order valence-electron chi connectivity index (χ1n) is 11.1. The van der Waals surface area contributed by atoms with Crippen molar-refractivity contribution in [2.24, 2.45) is 0 Å². The maximum Gasteiger partial charge on any atom is 0.221 e. The van der Waals surface area contributed by atoms with Crippen LogP contribution >= 0.6 is 15.9 Å². The fraction of sp³-hybridized carbons (Fsp3) is 0.143. The van der Waals surface area contributed by atoms with Crippen molar-refractivity contribution in [1.82, 2.24) is 14.5 Å². The minimum Gasteiger partial charge on any atom is -0.368 e. The second-order valence-electron chi connectivity index (χ2n) is 8.59. The van der Waals surface area contributed by atoms with E-state index < -0.39 is 0 Å². The molecule has 5 heteroatoms. The van der Waals surface area contributed by atoms with Gasteiger partial charge in [0, 0.05) is 39.2 Å². The summed E-state index contributed by atoms with van der Waals surface area (Å²) in [5.41, 5.74) is 13.6. The molecule has 0 aliphatic heterocycles. The highest BCUT2D eigenvalue weighted by Crippen LogP contribution is 2.32. The number of nitrogen functional groups attached to an aromatic ring is 1. The minimum atomic E-state index is 0.270. The molecule has 0 aliphatic rings. The second kappa shape index (κ2) is 8.83. The molecule has 0 amide bonds. The molecule has 0 aliphatic carbocycles. The standard InChI is InChI=1S/C28H25BrN4/c1-18(2)20-9-7-19(8-10-20)16-33-17-24(23-5-3-4-6-27(23)33)26-15-25(31-28(30)32-26)21-11-13-22(29)14-12-21/h3-15,17-18H,16H2,1-2H3,(H2,30,31,32). The summed E-state index contributed by atoms with van der Waals surface area (Å²) in [7, 11) is 0. The number of aromatic nitrogens is 3. The predicted molar refractivity (Wildman–Crippen MR) is 140 cm³/mol. The Balaban J connectivity index is 1.57. The molecule has 0 unspecified atom stereocenters. The smallest absolute Gasteiger partial charge is 0.221 e. The number of anilines is 1. The molecular formula is C28H25BrN4. The van der Waals surface area contributed by atoms with Crippen molar-refractivity contribution < 1.29 is 0 Å². The Labute approximate surface area is 202 Å². The molecule has 0 spiro atoms. The topological polar surface area (TPSA) is 56.7 Å². The monoisotopic (exact) mass is 496 g/mol. The van der Waals surface area contributed by atoms with Crippen LogP contribution < -0.4 is 5.73 Å². The van der Waals surface area contributed by atoms with Crippen LogP contribution in [0.5, 0.6) is 0 Å². The van der Waals surface area contributed by atoms with Crippen LogP contribution in [0, 0.1) is 0 Å². The van der Waals surface area contributed by atoms with E-state index in [1.807, 2.05) is 30.3 Å². The summed E-state index contributed by atoms with van der Waals surface area (Å²) < 4.78 is 3.31. The molecule has 0 radical (unpaired) electrons. The average Bonchev–Trinajstić information content (AvgIpc) is 3.18. The maximum atomic E-state index is 6.14. The van der Waals surface area contributed by atoms with Gasteiger partial charge in [-0.25, -0.2) is 9.97 Å². The third kappa shape index (κ3) is 4.41. The van der Waals surface area contributed by atoms with Crippen molar-refractivity contribution in [1.29, 1.82) is 0 Å². The Morgan fingerprint density at radius 3 is 2.30 bits per heavy atom. The van der Waals surface area contributed by atoms with Gasteiger partial charge in [-0.1, -0.05) is 84.4 Å². The Bertz CT molecular complexity index is 1420. The molecule has 33 heavy (non-hydrogen) atoms. The van der Waals surface area contributed by atoms with Gasteiger partial charge in [0.25, 0.3) is 0 Å². The molecule has 0 saturated heterocycles. The van der Waals surface area contributed by atoms with Crippen molar-refractivity contribution in [3.8, 4) is 22.5 Å². The van der Waals surface area contributed by atoms with E-state index in [0.29, 0.717) is 5.92 Å². The third-order valence-electron chi connectivity index (χ3n) is 5.95. The van der Waals surface area contributed by atoms with E-state index in [1.165, 1.54) is 16.6 Å². The van der Waals surface area contributed by atoms with Crippen LogP contribution in [0.25, 0.3) is 33.4 Å². The number of rotatable bonds is 5. The first-order valence-corrected chi connectivity index (χ1v) is 11.8. The Hall–Kier alpha value is -3.44. The summed E-state index contributed by atoms with van der Waals surface area (Å²) in [5.74, 6) is 0.799.